The zero-order chi connectivity index (χ0) is 13.9. The minimum Gasteiger partial charge on any atom is -0.478 e. The van der Waals surface area contributed by atoms with Crippen LogP contribution in [-0.2, 0) is 4.79 Å². The fourth-order valence-corrected chi connectivity index (χ4v) is 2.27. The van der Waals surface area contributed by atoms with Gasteiger partial charge in [-0.2, -0.15) is 0 Å². The van der Waals surface area contributed by atoms with Crippen LogP contribution in [0.15, 0.2) is 48.5 Å². The van der Waals surface area contributed by atoms with Crippen LogP contribution in [0.2, 0.25) is 0 Å². The van der Waals surface area contributed by atoms with Crippen LogP contribution in [0.1, 0.15) is 6.42 Å². The lowest BCUT2D eigenvalue weighted by Crippen LogP contribution is -2.37. The quantitative estimate of drug-likeness (QED) is 0.899. The maximum atomic E-state index is 11.8. The molecule has 102 valence electrons. The monoisotopic (exact) mass is 269 g/mol. The van der Waals surface area contributed by atoms with E-state index in [0.29, 0.717) is 17.9 Å². The van der Waals surface area contributed by atoms with Crippen LogP contribution in [0.5, 0.6) is 5.75 Å². The van der Waals surface area contributed by atoms with E-state index in [0.717, 1.165) is 11.1 Å². The summed E-state index contributed by atoms with van der Waals surface area (Å²) in [6.07, 6.45) is -0.318. The van der Waals surface area contributed by atoms with E-state index < -0.39 is 6.10 Å². The summed E-state index contributed by atoms with van der Waals surface area (Å²) in [6.45, 7) is -0.0739. The maximum absolute atomic E-state index is 11.8. The fourth-order valence-electron chi connectivity index (χ4n) is 2.27. The summed E-state index contributed by atoms with van der Waals surface area (Å²) in [6, 6.07) is 15.7. The number of carbonyl (C=O) groups is 1. The number of fused-ring (bicyclic) bond motifs is 1. The van der Waals surface area contributed by atoms with Gasteiger partial charge < -0.3 is 15.2 Å². The second-order valence-corrected chi connectivity index (χ2v) is 4.68. The third kappa shape index (κ3) is 2.38. The predicted molar refractivity (Wildman–Crippen MR) is 76.6 cm³/mol. The van der Waals surface area contributed by atoms with Gasteiger partial charge in [-0.1, -0.05) is 36.4 Å². The predicted octanol–water partition coefficient (Wildman–Crippen LogP) is 2.44. The van der Waals surface area contributed by atoms with Crippen molar-refractivity contribution >= 4 is 11.6 Å². The molecule has 1 unspecified atom stereocenters. The van der Waals surface area contributed by atoms with Crippen molar-refractivity contribution in [2.45, 2.75) is 12.5 Å². The Kier molecular flexibility index (Phi) is 3.39. The Balaban J connectivity index is 1.92. The molecule has 0 bridgehead atoms. The maximum Gasteiger partial charge on any atom is 0.265 e. The van der Waals surface area contributed by atoms with Gasteiger partial charge in [-0.15, -0.1) is 0 Å². The van der Waals surface area contributed by atoms with Gasteiger partial charge in [0, 0.05) is 13.0 Å². The molecule has 3 rings (SSSR count). The molecule has 4 nitrogen and oxygen atoms in total. The number of carbonyl (C=O) groups excluding carboxylic acids is 1. The minimum atomic E-state index is -0.616. The highest BCUT2D eigenvalue weighted by molar-refractivity contribution is 5.98. The third-order valence-corrected chi connectivity index (χ3v) is 3.30. The SMILES string of the molecule is O=C1Nc2cc(-c3ccccc3)ccc2OC1CCO. The molecule has 0 fully saturated rings. The van der Waals surface area contributed by atoms with Gasteiger partial charge in [-0.3, -0.25) is 4.79 Å². The van der Waals surface area contributed by atoms with E-state index in [2.05, 4.69) is 5.32 Å². The zero-order valence-electron chi connectivity index (χ0n) is 10.9. The van der Waals surface area contributed by atoms with Crippen LogP contribution < -0.4 is 10.1 Å². The van der Waals surface area contributed by atoms with E-state index in [1.807, 2.05) is 48.5 Å². The first-order valence-electron chi connectivity index (χ1n) is 6.56. The van der Waals surface area contributed by atoms with Gasteiger partial charge in [0.15, 0.2) is 6.10 Å². The largest absolute Gasteiger partial charge is 0.478 e. The Morgan fingerprint density at radius 3 is 2.65 bits per heavy atom. The number of rotatable bonds is 3. The second kappa shape index (κ2) is 5.35. The number of aliphatic hydroxyl groups is 1. The van der Waals surface area contributed by atoms with Gasteiger partial charge in [-0.25, -0.2) is 0 Å². The van der Waals surface area contributed by atoms with Crippen molar-refractivity contribution < 1.29 is 14.6 Å². The van der Waals surface area contributed by atoms with Gasteiger partial charge in [-0.05, 0) is 23.3 Å². The summed E-state index contributed by atoms with van der Waals surface area (Å²) >= 11 is 0. The number of nitrogens with one attached hydrogen (secondary N) is 1. The molecule has 20 heavy (non-hydrogen) atoms. The van der Waals surface area contributed by atoms with E-state index in [1.54, 1.807) is 0 Å². The van der Waals surface area contributed by atoms with Gasteiger partial charge in [0.25, 0.3) is 5.91 Å². The Morgan fingerprint density at radius 1 is 1.10 bits per heavy atom. The molecule has 1 amide bonds. The fraction of sp³-hybridized carbons (Fsp3) is 0.188. The van der Waals surface area contributed by atoms with Crippen LogP contribution in [0.4, 0.5) is 5.69 Å². The van der Waals surface area contributed by atoms with Crippen LogP contribution in [0, 0.1) is 0 Å². The average Bonchev–Trinajstić information content (AvgIpc) is 2.49. The lowest BCUT2D eigenvalue weighted by Gasteiger charge is -2.25. The lowest BCUT2D eigenvalue weighted by atomic mass is 10.0. The molecule has 0 aromatic heterocycles. The van der Waals surface area contributed by atoms with E-state index >= 15 is 0 Å². The van der Waals surface area contributed by atoms with Gasteiger partial charge in [0.1, 0.15) is 5.75 Å². The van der Waals surface area contributed by atoms with Gasteiger partial charge in [0.2, 0.25) is 0 Å². The Labute approximate surface area is 117 Å². The smallest absolute Gasteiger partial charge is 0.265 e. The average molecular weight is 269 g/mol. The molecule has 0 spiro atoms. The minimum absolute atomic E-state index is 0.0739. The zero-order valence-corrected chi connectivity index (χ0v) is 10.9. The van der Waals surface area contributed by atoms with Crippen molar-refractivity contribution in [3.63, 3.8) is 0 Å². The molecule has 1 atom stereocenters. The number of anilines is 1. The Morgan fingerprint density at radius 2 is 1.90 bits per heavy atom. The number of benzene rings is 2. The molecule has 2 aromatic carbocycles. The summed E-state index contributed by atoms with van der Waals surface area (Å²) in [5.41, 5.74) is 2.78. The molecule has 1 heterocycles. The third-order valence-electron chi connectivity index (χ3n) is 3.30. The number of hydrogen-bond acceptors (Lipinski definition) is 3. The Bertz CT molecular complexity index is 625. The lowest BCUT2D eigenvalue weighted by molar-refractivity contribution is -0.124. The summed E-state index contributed by atoms with van der Waals surface area (Å²) in [5.74, 6) is 0.430. The van der Waals surface area contributed by atoms with E-state index in [4.69, 9.17) is 9.84 Å². The Hall–Kier alpha value is -2.33. The molecular weight excluding hydrogens is 254 g/mol. The number of amides is 1. The molecule has 0 aliphatic carbocycles. The first-order chi connectivity index (χ1) is 9.78. The summed E-state index contributed by atoms with van der Waals surface area (Å²) < 4.78 is 5.60. The second-order valence-electron chi connectivity index (χ2n) is 4.68. The molecule has 2 N–H and O–H groups in total. The molecule has 1 aliphatic rings. The molecule has 1 aliphatic heterocycles. The van der Waals surface area contributed by atoms with Crippen LogP contribution in [-0.4, -0.2) is 23.7 Å². The van der Waals surface area contributed by atoms with Crippen LogP contribution in [0.25, 0.3) is 11.1 Å². The molecule has 0 saturated carbocycles. The summed E-state index contributed by atoms with van der Waals surface area (Å²) in [4.78, 5) is 11.8. The van der Waals surface area contributed by atoms with Crippen LogP contribution in [0.3, 0.4) is 0 Å². The van der Waals surface area contributed by atoms with E-state index in [-0.39, 0.29) is 12.5 Å². The van der Waals surface area contributed by atoms with Gasteiger partial charge >= 0.3 is 0 Å². The van der Waals surface area contributed by atoms with Crippen molar-refractivity contribution in [3.8, 4) is 16.9 Å². The van der Waals surface area contributed by atoms with Crippen molar-refractivity contribution in [2.24, 2.45) is 0 Å². The van der Waals surface area contributed by atoms with Crippen LogP contribution >= 0.6 is 0 Å². The first kappa shape index (κ1) is 12.7. The topological polar surface area (TPSA) is 58.6 Å². The standard InChI is InChI=1S/C16H15NO3/c18-9-8-15-16(19)17-13-10-12(6-7-14(13)20-15)11-4-2-1-3-5-11/h1-7,10,15,18H,8-9H2,(H,17,19). The highest BCUT2D eigenvalue weighted by Gasteiger charge is 2.27. The van der Waals surface area contributed by atoms with E-state index in [9.17, 15) is 4.79 Å². The number of hydrogen-bond donors (Lipinski definition) is 2. The molecule has 0 radical (unpaired) electrons. The molecule has 2 aromatic rings. The van der Waals surface area contributed by atoms with Crippen molar-refractivity contribution in [1.82, 2.24) is 0 Å². The van der Waals surface area contributed by atoms with Crippen molar-refractivity contribution in [1.29, 1.82) is 0 Å². The van der Waals surface area contributed by atoms with Crippen molar-refractivity contribution in [3.05, 3.63) is 48.5 Å². The van der Waals surface area contributed by atoms with Crippen molar-refractivity contribution in [2.75, 3.05) is 11.9 Å². The number of aliphatic hydroxyl groups excluding tert-OH is 1. The first-order valence-corrected chi connectivity index (χ1v) is 6.56. The molecule has 4 heteroatoms. The molecule has 0 saturated heterocycles. The summed E-state index contributed by atoms with van der Waals surface area (Å²) in [5, 5.41) is 11.7. The highest BCUT2D eigenvalue weighted by Crippen LogP contribution is 2.34. The summed E-state index contributed by atoms with van der Waals surface area (Å²) in [7, 11) is 0. The highest BCUT2D eigenvalue weighted by atomic mass is 16.5. The number of ether oxygens (including phenoxy) is 1. The van der Waals surface area contributed by atoms with E-state index in [1.165, 1.54) is 0 Å². The van der Waals surface area contributed by atoms with Gasteiger partial charge in [0.05, 0.1) is 5.69 Å². The molecular formula is C16H15NO3. The normalized spacial score (nSPS) is 17.1.